The molecule has 10 heteroatoms. The first kappa shape index (κ1) is 23.6. The molecule has 3 aromatic heterocycles. The second-order valence-electron chi connectivity index (χ2n) is 9.47. The van der Waals surface area contributed by atoms with Gasteiger partial charge in [0, 0.05) is 38.2 Å². The van der Waals surface area contributed by atoms with Gasteiger partial charge >= 0.3 is 11.8 Å². The number of hydrogen-bond acceptors (Lipinski definition) is 8. The summed E-state index contributed by atoms with van der Waals surface area (Å²) in [5, 5.41) is 12.7. The molecule has 2 aliphatic rings. The Morgan fingerprint density at radius 3 is 2.53 bits per heavy atom. The molecule has 0 saturated carbocycles. The third kappa shape index (κ3) is 4.57. The number of rotatable bonds is 4. The first-order valence-electron chi connectivity index (χ1n) is 11.8. The topological polar surface area (TPSA) is 125 Å². The lowest BCUT2D eigenvalue weighted by Crippen LogP contribution is -2.53. The predicted molar refractivity (Wildman–Crippen MR) is 129 cm³/mol. The van der Waals surface area contributed by atoms with Crippen LogP contribution in [-0.2, 0) is 33.9 Å². The van der Waals surface area contributed by atoms with E-state index in [1.165, 1.54) is 11.2 Å². The fraction of sp³-hybridized carbons (Fsp3) is 0.385. The van der Waals surface area contributed by atoms with E-state index < -0.39 is 17.4 Å². The van der Waals surface area contributed by atoms with E-state index in [1.807, 2.05) is 24.8 Å². The molecule has 1 N–H and O–H groups in total. The van der Waals surface area contributed by atoms with Crippen molar-refractivity contribution in [2.75, 3.05) is 31.1 Å². The molecule has 2 aliphatic heterocycles. The molecule has 3 aromatic rings. The molecule has 0 atom stereocenters. The van der Waals surface area contributed by atoms with E-state index in [2.05, 4.69) is 11.4 Å². The number of furan rings is 2. The molecule has 10 nitrogen and oxygen atoms in total. The van der Waals surface area contributed by atoms with E-state index in [0.717, 1.165) is 11.1 Å². The van der Waals surface area contributed by atoms with Crippen LogP contribution in [0.1, 0.15) is 36.3 Å². The van der Waals surface area contributed by atoms with Crippen molar-refractivity contribution in [1.29, 1.82) is 5.26 Å². The lowest BCUT2D eigenvalue weighted by Gasteiger charge is -2.38. The average Bonchev–Trinajstić information content (AvgIpc) is 3.60. The molecule has 0 unspecified atom stereocenters. The van der Waals surface area contributed by atoms with Crippen LogP contribution in [0, 0.1) is 11.3 Å². The molecule has 2 amide bonds. The Bertz CT molecular complexity index is 1300. The zero-order valence-corrected chi connectivity index (χ0v) is 20.2. The highest BCUT2D eigenvalue weighted by Gasteiger charge is 2.35. The molecule has 0 aromatic carbocycles. The highest BCUT2D eigenvalue weighted by atomic mass is 16.5. The van der Waals surface area contributed by atoms with Crippen LogP contribution in [0.3, 0.4) is 0 Å². The number of amides is 2. The maximum atomic E-state index is 12.7. The van der Waals surface area contributed by atoms with Crippen molar-refractivity contribution < 1.29 is 23.2 Å². The number of nitrogens with one attached hydrogen (secondary N) is 1. The van der Waals surface area contributed by atoms with Crippen LogP contribution in [0.15, 0.2) is 45.6 Å². The maximum Gasteiger partial charge on any atom is 0.312 e. The van der Waals surface area contributed by atoms with Crippen LogP contribution >= 0.6 is 0 Å². The number of carbonyl (C=O) groups is 2. The Morgan fingerprint density at radius 2 is 1.86 bits per heavy atom. The Morgan fingerprint density at radius 1 is 1.11 bits per heavy atom. The number of aromatic nitrogens is 1. The number of carbonyl (C=O) groups excluding carboxylic acids is 2. The molecule has 0 aliphatic carbocycles. The van der Waals surface area contributed by atoms with Gasteiger partial charge in [0.2, 0.25) is 0 Å². The summed E-state index contributed by atoms with van der Waals surface area (Å²) in [5.41, 5.74) is 2.56. The number of fused-ring (bicyclic) bond motifs is 1. The number of nitriles is 1. The van der Waals surface area contributed by atoms with Crippen molar-refractivity contribution in [3.63, 3.8) is 0 Å². The second kappa shape index (κ2) is 9.51. The molecular weight excluding hydrogens is 462 g/mol. The lowest BCUT2D eigenvalue weighted by molar-refractivity contribution is -0.146. The van der Waals surface area contributed by atoms with Crippen molar-refractivity contribution in [2.24, 2.45) is 0 Å². The number of piperazine rings is 1. The fourth-order valence-corrected chi connectivity index (χ4v) is 4.64. The zero-order chi connectivity index (χ0) is 25.3. The van der Waals surface area contributed by atoms with Gasteiger partial charge in [0.1, 0.15) is 23.3 Å². The van der Waals surface area contributed by atoms with Gasteiger partial charge in [-0.1, -0.05) is 0 Å². The van der Waals surface area contributed by atoms with Gasteiger partial charge in [-0.15, -0.1) is 0 Å². The average molecular weight is 490 g/mol. The Balaban J connectivity index is 1.36. The lowest BCUT2D eigenvalue weighted by atomic mass is 9.87. The van der Waals surface area contributed by atoms with Gasteiger partial charge in [-0.05, 0) is 43.7 Å². The molecule has 0 radical (unpaired) electrons. The number of hydrogen-bond donors (Lipinski definition) is 1. The summed E-state index contributed by atoms with van der Waals surface area (Å²) in [7, 11) is 0. The Labute approximate surface area is 208 Å². The van der Waals surface area contributed by atoms with E-state index in [-0.39, 0.29) is 6.54 Å². The fourth-order valence-electron chi connectivity index (χ4n) is 4.64. The van der Waals surface area contributed by atoms with Gasteiger partial charge in [-0.3, -0.25) is 9.59 Å². The molecule has 0 bridgehead atoms. The minimum absolute atomic E-state index is 0.151. The van der Waals surface area contributed by atoms with Gasteiger partial charge in [-0.25, -0.2) is 4.98 Å². The molecule has 1 fully saturated rings. The zero-order valence-electron chi connectivity index (χ0n) is 20.2. The summed E-state index contributed by atoms with van der Waals surface area (Å²) in [6.45, 7) is 6.05. The third-order valence-corrected chi connectivity index (χ3v) is 6.53. The Kier molecular flexibility index (Phi) is 6.24. The van der Waals surface area contributed by atoms with Crippen LogP contribution in [0.2, 0.25) is 0 Å². The molecule has 5 heterocycles. The highest BCUT2D eigenvalue weighted by Crippen LogP contribution is 2.39. The molecule has 5 rings (SSSR count). The minimum Gasteiger partial charge on any atom is -0.467 e. The van der Waals surface area contributed by atoms with Crippen LogP contribution in [0.4, 0.5) is 5.82 Å². The number of pyridine rings is 1. The monoisotopic (exact) mass is 489 g/mol. The van der Waals surface area contributed by atoms with E-state index >= 15 is 0 Å². The first-order valence-corrected chi connectivity index (χ1v) is 11.8. The van der Waals surface area contributed by atoms with E-state index in [9.17, 15) is 14.9 Å². The van der Waals surface area contributed by atoms with E-state index in [1.54, 1.807) is 24.5 Å². The second-order valence-corrected chi connectivity index (χ2v) is 9.47. The van der Waals surface area contributed by atoms with Crippen LogP contribution in [0.25, 0.3) is 11.5 Å². The molecule has 0 spiro atoms. The van der Waals surface area contributed by atoms with Gasteiger partial charge in [0.15, 0.2) is 5.76 Å². The molecular formula is C26H27N5O5. The third-order valence-electron chi connectivity index (χ3n) is 6.53. The first-order chi connectivity index (χ1) is 17.4. The van der Waals surface area contributed by atoms with Crippen LogP contribution < -0.4 is 10.2 Å². The van der Waals surface area contributed by atoms with Crippen molar-refractivity contribution in [3.05, 3.63) is 59.2 Å². The number of nitrogens with zero attached hydrogens (tertiary/aromatic N) is 4. The normalized spacial score (nSPS) is 16.8. The van der Waals surface area contributed by atoms with Crippen molar-refractivity contribution in [3.8, 4) is 17.5 Å². The SMILES string of the molecule is CC1(C)Cc2c(C#N)c(N3CCN(C(=O)C(=O)NCc4ccco4)CC3)nc(-c3ccco3)c2CO1. The van der Waals surface area contributed by atoms with Crippen LogP contribution in [-0.4, -0.2) is 53.5 Å². The molecule has 36 heavy (non-hydrogen) atoms. The minimum atomic E-state index is -0.674. The quantitative estimate of drug-likeness (QED) is 0.555. The van der Waals surface area contributed by atoms with Gasteiger partial charge < -0.3 is 28.7 Å². The highest BCUT2D eigenvalue weighted by molar-refractivity contribution is 6.35. The van der Waals surface area contributed by atoms with Crippen molar-refractivity contribution in [1.82, 2.24) is 15.2 Å². The van der Waals surface area contributed by atoms with E-state index in [4.69, 9.17) is 18.6 Å². The van der Waals surface area contributed by atoms with Gasteiger partial charge in [0.05, 0.1) is 36.8 Å². The summed E-state index contributed by atoms with van der Waals surface area (Å²) >= 11 is 0. The molecule has 1 saturated heterocycles. The van der Waals surface area contributed by atoms with Crippen molar-refractivity contribution >= 4 is 17.6 Å². The standard InChI is InChI=1S/C26H27N5O5/c1-26(2)13-18-19(14-27)23(29-22(20(18)16-36-26)21-6-4-12-35-21)30-7-9-31(10-8-30)25(33)24(32)28-15-17-5-3-11-34-17/h3-6,11-12H,7-10,13,15-16H2,1-2H3,(H,28,32). The summed E-state index contributed by atoms with van der Waals surface area (Å²) in [6, 6.07) is 9.46. The summed E-state index contributed by atoms with van der Waals surface area (Å²) in [5.74, 6) is 0.489. The van der Waals surface area contributed by atoms with E-state index in [0.29, 0.717) is 67.8 Å². The summed E-state index contributed by atoms with van der Waals surface area (Å²) in [4.78, 5) is 33.4. The van der Waals surface area contributed by atoms with Crippen LogP contribution in [0.5, 0.6) is 0 Å². The maximum absolute atomic E-state index is 12.7. The smallest absolute Gasteiger partial charge is 0.312 e. The largest absolute Gasteiger partial charge is 0.467 e. The Hall–Kier alpha value is -4.10. The van der Waals surface area contributed by atoms with Gasteiger partial charge in [0.25, 0.3) is 0 Å². The number of ether oxygens (including phenoxy) is 1. The molecule has 186 valence electrons. The summed E-state index contributed by atoms with van der Waals surface area (Å²) in [6.07, 6.45) is 3.68. The predicted octanol–water partition coefficient (Wildman–Crippen LogP) is 2.62. The van der Waals surface area contributed by atoms with Gasteiger partial charge in [-0.2, -0.15) is 5.26 Å². The number of anilines is 1. The van der Waals surface area contributed by atoms with Crippen molar-refractivity contribution in [2.45, 2.75) is 39.0 Å². The summed E-state index contributed by atoms with van der Waals surface area (Å²) < 4.78 is 16.9.